The van der Waals surface area contributed by atoms with E-state index in [1.54, 1.807) is 0 Å². The lowest BCUT2D eigenvalue weighted by Gasteiger charge is -2.31. The van der Waals surface area contributed by atoms with Crippen LogP contribution in [-0.2, 0) is 4.74 Å². The molecular formula is C26H35N3O3. The number of carbonyl (C=O) groups excluding carboxylic acids is 1. The third-order valence-electron chi connectivity index (χ3n) is 7.18. The quantitative estimate of drug-likeness (QED) is 0.688. The molecule has 1 amide bonds. The second kappa shape index (κ2) is 8.20. The normalized spacial score (nSPS) is 24.0. The Morgan fingerprint density at radius 2 is 1.59 bits per heavy atom. The van der Waals surface area contributed by atoms with Gasteiger partial charge < -0.3 is 10.1 Å². The maximum absolute atomic E-state index is 13.4. The molecule has 1 aromatic carbocycles. The third kappa shape index (κ3) is 4.55. The summed E-state index contributed by atoms with van der Waals surface area (Å²) in [6.07, 6.45) is 8.24. The molecule has 5 rings (SSSR count). The molecule has 3 aliphatic rings. The van der Waals surface area contributed by atoms with Crippen molar-refractivity contribution in [3.63, 3.8) is 0 Å². The standard InChI is InChI=1S/C26H35N3O3/c1-26(2,3)32-25(31)27-19-14-12-16(13-15-19)22-20-6-4-5-7-21(20)24(30)29(28-22)23(17-8-9-17)18-10-11-18/h4-7,16-19,23H,8-15H2,1-3H3,(H,27,31). The predicted octanol–water partition coefficient (Wildman–Crippen LogP) is 5.31. The number of carbonyl (C=O) groups is 1. The summed E-state index contributed by atoms with van der Waals surface area (Å²) in [5.41, 5.74) is 0.660. The van der Waals surface area contributed by atoms with Crippen LogP contribution in [0.2, 0.25) is 0 Å². The van der Waals surface area contributed by atoms with Crippen LogP contribution in [-0.4, -0.2) is 27.5 Å². The van der Waals surface area contributed by atoms with Crippen LogP contribution in [0.1, 0.15) is 89.8 Å². The van der Waals surface area contributed by atoms with Gasteiger partial charge in [-0.05, 0) is 90.0 Å². The fraction of sp³-hybridized carbons (Fsp3) is 0.654. The van der Waals surface area contributed by atoms with E-state index >= 15 is 0 Å². The maximum atomic E-state index is 13.4. The smallest absolute Gasteiger partial charge is 0.407 e. The molecule has 2 aromatic rings. The first-order chi connectivity index (χ1) is 15.3. The first kappa shape index (κ1) is 21.5. The second-order valence-electron chi connectivity index (χ2n) is 11.0. The van der Waals surface area contributed by atoms with E-state index in [1.807, 2.05) is 43.7 Å². The molecule has 32 heavy (non-hydrogen) atoms. The molecule has 1 aromatic heterocycles. The Morgan fingerprint density at radius 1 is 1.00 bits per heavy atom. The lowest BCUT2D eigenvalue weighted by molar-refractivity contribution is 0.0491. The molecule has 0 radical (unpaired) electrons. The number of hydrogen-bond acceptors (Lipinski definition) is 4. The number of benzene rings is 1. The molecule has 3 fully saturated rings. The molecule has 0 aliphatic heterocycles. The monoisotopic (exact) mass is 437 g/mol. The number of hydrogen-bond donors (Lipinski definition) is 1. The summed E-state index contributed by atoms with van der Waals surface area (Å²) in [7, 11) is 0. The van der Waals surface area contributed by atoms with Crippen LogP contribution in [0.25, 0.3) is 10.8 Å². The van der Waals surface area contributed by atoms with Crippen LogP contribution < -0.4 is 10.9 Å². The zero-order valence-electron chi connectivity index (χ0n) is 19.5. The first-order valence-corrected chi connectivity index (χ1v) is 12.3. The van der Waals surface area contributed by atoms with Gasteiger partial charge in [0.1, 0.15) is 5.60 Å². The van der Waals surface area contributed by atoms with Gasteiger partial charge in [-0.25, -0.2) is 9.48 Å². The number of amides is 1. The maximum Gasteiger partial charge on any atom is 0.407 e. The van der Waals surface area contributed by atoms with Crippen LogP contribution in [0, 0.1) is 11.8 Å². The summed E-state index contributed by atoms with van der Waals surface area (Å²) < 4.78 is 7.29. The van der Waals surface area contributed by atoms with Gasteiger partial charge in [-0.1, -0.05) is 18.2 Å². The van der Waals surface area contributed by atoms with Crippen molar-refractivity contribution < 1.29 is 9.53 Å². The van der Waals surface area contributed by atoms with Crippen molar-refractivity contribution in [3.05, 3.63) is 40.3 Å². The Labute approximate surface area is 189 Å². The van der Waals surface area contributed by atoms with Crippen LogP contribution in [0.5, 0.6) is 0 Å². The average molecular weight is 438 g/mol. The molecular weight excluding hydrogens is 402 g/mol. The van der Waals surface area contributed by atoms with E-state index in [-0.39, 0.29) is 23.7 Å². The highest BCUT2D eigenvalue weighted by molar-refractivity contribution is 5.84. The predicted molar refractivity (Wildman–Crippen MR) is 125 cm³/mol. The molecule has 3 aliphatic carbocycles. The molecule has 0 unspecified atom stereocenters. The van der Waals surface area contributed by atoms with Gasteiger partial charge in [0.2, 0.25) is 0 Å². The molecule has 0 spiro atoms. The van der Waals surface area contributed by atoms with Gasteiger partial charge in [0.15, 0.2) is 0 Å². The topological polar surface area (TPSA) is 73.2 Å². The minimum atomic E-state index is -0.489. The molecule has 1 heterocycles. The highest BCUT2D eigenvalue weighted by Gasteiger charge is 2.44. The van der Waals surface area contributed by atoms with Crippen LogP contribution in [0.3, 0.4) is 0 Å². The van der Waals surface area contributed by atoms with Crippen molar-refractivity contribution in [3.8, 4) is 0 Å². The highest BCUT2D eigenvalue weighted by Crippen LogP contribution is 2.51. The Hall–Kier alpha value is -2.37. The minimum Gasteiger partial charge on any atom is -0.444 e. The van der Waals surface area contributed by atoms with E-state index < -0.39 is 5.60 Å². The number of aromatic nitrogens is 2. The van der Waals surface area contributed by atoms with Crippen molar-refractivity contribution in [1.29, 1.82) is 0 Å². The highest BCUT2D eigenvalue weighted by atomic mass is 16.6. The van der Waals surface area contributed by atoms with Gasteiger partial charge in [-0.15, -0.1) is 0 Å². The Balaban J connectivity index is 1.38. The summed E-state index contributed by atoms with van der Waals surface area (Å²) in [6, 6.07) is 8.39. The van der Waals surface area contributed by atoms with Crippen molar-refractivity contribution in [2.24, 2.45) is 11.8 Å². The summed E-state index contributed by atoms with van der Waals surface area (Å²) in [6.45, 7) is 5.64. The number of ether oxygens (including phenoxy) is 1. The molecule has 1 N–H and O–H groups in total. The number of nitrogens with zero attached hydrogens (tertiary/aromatic N) is 2. The molecule has 0 bridgehead atoms. The van der Waals surface area contributed by atoms with Crippen LogP contribution >= 0.6 is 0 Å². The van der Waals surface area contributed by atoms with Crippen molar-refractivity contribution in [2.45, 2.75) is 95.7 Å². The number of alkyl carbamates (subject to hydrolysis) is 1. The molecule has 6 nitrogen and oxygen atoms in total. The van der Waals surface area contributed by atoms with Gasteiger partial charge in [-0.3, -0.25) is 4.79 Å². The van der Waals surface area contributed by atoms with Crippen LogP contribution in [0.15, 0.2) is 29.1 Å². The largest absolute Gasteiger partial charge is 0.444 e. The lowest BCUT2D eigenvalue weighted by atomic mass is 9.82. The molecule has 6 heteroatoms. The van der Waals surface area contributed by atoms with Gasteiger partial charge in [-0.2, -0.15) is 5.10 Å². The van der Waals surface area contributed by atoms with E-state index in [4.69, 9.17) is 9.84 Å². The number of rotatable bonds is 5. The molecule has 3 saturated carbocycles. The van der Waals surface area contributed by atoms with E-state index in [1.165, 1.54) is 25.7 Å². The van der Waals surface area contributed by atoms with E-state index in [9.17, 15) is 9.59 Å². The van der Waals surface area contributed by atoms with E-state index in [0.29, 0.717) is 17.8 Å². The van der Waals surface area contributed by atoms with Gasteiger partial charge in [0.05, 0.1) is 17.1 Å². The first-order valence-electron chi connectivity index (χ1n) is 12.3. The van der Waals surface area contributed by atoms with E-state index in [2.05, 4.69) is 11.4 Å². The van der Waals surface area contributed by atoms with Gasteiger partial charge in [0.25, 0.3) is 5.56 Å². The fourth-order valence-electron chi connectivity index (χ4n) is 5.38. The van der Waals surface area contributed by atoms with Crippen molar-refractivity contribution >= 4 is 16.9 Å². The zero-order chi connectivity index (χ0) is 22.5. The van der Waals surface area contributed by atoms with Gasteiger partial charge in [0, 0.05) is 17.3 Å². The zero-order valence-corrected chi connectivity index (χ0v) is 19.5. The Bertz CT molecular complexity index is 1040. The molecule has 0 atom stereocenters. The Morgan fingerprint density at radius 3 is 2.16 bits per heavy atom. The number of fused-ring (bicyclic) bond motifs is 1. The summed E-state index contributed by atoms with van der Waals surface area (Å²) in [5, 5.41) is 9.91. The number of nitrogens with one attached hydrogen (secondary N) is 1. The summed E-state index contributed by atoms with van der Waals surface area (Å²) >= 11 is 0. The third-order valence-corrected chi connectivity index (χ3v) is 7.18. The summed E-state index contributed by atoms with van der Waals surface area (Å²) in [5.74, 6) is 1.55. The minimum absolute atomic E-state index is 0.0772. The Kier molecular flexibility index (Phi) is 5.50. The molecule has 0 saturated heterocycles. The second-order valence-corrected chi connectivity index (χ2v) is 11.0. The van der Waals surface area contributed by atoms with Crippen LogP contribution in [0.4, 0.5) is 4.79 Å². The lowest BCUT2D eigenvalue weighted by Crippen LogP contribution is -2.41. The van der Waals surface area contributed by atoms with Crippen molar-refractivity contribution in [2.75, 3.05) is 0 Å². The van der Waals surface area contributed by atoms with Gasteiger partial charge >= 0.3 is 6.09 Å². The van der Waals surface area contributed by atoms with Crippen molar-refractivity contribution in [1.82, 2.24) is 15.1 Å². The molecule has 172 valence electrons. The fourth-order valence-corrected chi connectivity index (χ4v) is 5.38. The van der Waals surface area contributed by atoms with E-state index in [0.717, 1.165) is 42.1 Å². The average Bonchev–Trinajstić information content (AvgIpc) is 3.65. The summed E-state index contributed by atoms with van der Waals surface area (Å²) in [4.78, 5) is 25.6. The SMILES string of the molecule is CC(C)(C)OC(=O)NC1CCC(c2nn(C(C3CC3)C3CC3)c(=O)c3ccccc23)CC1.